The lowest BCUT2D eigenvalue weighted by Gasteiger charge is -2.22. The molecule has 7 heteroatoms. The van der Waals surface area contributed by atoms with Crippen LogP contribution in [0.2, 0.25) is 10.0 Å². The van der Waals surface area contributed by atoms with Gasteiger partial charge in [-0.1, -0.05) is 29.3 Å². The number of carbonyl (C=O) groups excluding carboxylic acids is 1. The maximum Gasteiger partial charge on any atom is 0.253 e. The van der Waals surface area contributed by atoms with E-state index in [-0.39, 0.29) is 5.91 Å². The van der Waals surface area contributed by atoms with Gasteiger partial charge in [-0.2, -0.15) is 0 Å². The summed E-state index contributed by atoms with van der Waals surface area (Å²) >= 11 is 12.1. The molecule has 1 saturated heterocycles. The highest BCUT2D eigenvalue weighted by molar-refractivity contribution is 6.42. The first-order valence-corrected chi connectivity index (χ1v) is 11.7. The second kappa shape index (κ2) is 10.2. The van der Waals surface area contributed by atoms with Crippen LogP contribution in [0.25, 0.3) is 0 Å². The van der Waals surface area contributed by atoms with Gasteiger partial charge >= 0.3 is 0 Å². The smallest absolute Gasteiger partial charge is 0.253 e. The highest BCUT2D eigenvalue weighted by atomic mass is 35.5. The lowest BCUT2D eigenvalue weighted by Crippen LogP contribution is -2.35. The van der Waals surface area contributed by atoms with Crippen LogP contribution in [0.3, 0.4) is 0 Å². The van der Waals surface area contributed by atoms with E-state index in [1.165, 1.54) is 12.8 Å². The van der Waals surface area contributed by atoms with Gasteiger partial charge in [0.2, 0.25) is 0 Å². The Hall–Kier alpha value is -1.79. The average Bonchev–Trinajstić information content (AvgIpc) is 3.61. The van der Waals surface area contributed by atoms with Crippen LogP contribution >= 0.6 is 23.2 Å². The van der Waals surface area contributed by atoms with Gasteiger partial charge in [0, 0.05) is 49.9 Å². The molecule has 1 amide bonds. The maximum absolute atomic E-state index is 13.2. The summed E-state index contributed by atoms with van der Waals surface area (Å²) in [4.78, 5) is 17.7. The molecule has 5 nitrogen and oxygen atoms in total. The zero-order valence-corrected chi connectivity index (χ0v) is 19.4. The van der Waals surface area contributed by atoms with Crippen molar-refractivity contribution in [2.24, 2.45) is 0 Å². The fourth-order valence-corrected chi connectivity index (χ4v) is 4.42. The van der Waals surface area contributed by atoms with Crippen LogP contribution in [0.15, 0.2) is 36.4 Å². The molecule has 2 aromatic carbocycles. The molecule has 1 aliphatic carbocycles. The largest absolute Gasteiger partial charge is 0.489 e. The van der Waals surface area contributed by atoms with E-state index < -0.39 is 0 Å². The van der Waals surface area contributed by atoms with E-state index in [0.717, 1.165) is 55.5 Å². The number of carbonyl (C=O) groups is 1. The third-order valence-electron chi connectivity index (χ3n) is 5.93. The van der Waals surface area contributed by atoms with Crippen molar-refractivity contribution < 1.29 is 9.53 Å². The van der Waals surface area contributed by atoms with Gasteiger partial charge in [-0.05, 0) is 62.2 Å². The summed E-state index contributed by atoms with van der Waals surface area (Å²) in [6, 6.07) is 11.9. The summed E-state index contributed by atoms with van der Waals surface area (Å²) in [5, 5.41) is 4.21. The Morgan fingerprint density at radius 2 is 1.90 bits per heavy atom. The van der Waals surface area contributed by atoms with Gasteiger partial charge < -0.3 is 15.0 Å². The highest BCUT2D eigenvalue weighted by Crippen LogP contribution is 2.28. The minimum Gasteiger partial charge on any atom is -0.489 e. The Morgan fingerprint density at radius 3 is 2.65 bits per heavy atom. The molecule has 4 rings (SSSR count). The fraction of sp³-hybridized carbons (Fsp3) is 0.458. The molecule has 166 valence electrons. The fourth-order valence-electron chi connectivity index (χ4n) is 4.10. The molecule has 1 saturated carbocycles. The number of halogens is 2. The van der Waals surface area contributed by atoms with Crippen molar-refractivity contribution >= 4 is 29.1 Å². The molecule has 0 aromatic heterocycles. The van der Waals surface area contributed by atoms with Crippen molar-refractivity contribution in [1.29, 1.82) is 0 Å². The Bertz CT molecular complexity index is 933. The molecule has 2 aromatic rings. The van der Waals surface area contributed by atoms with Crippen molar-refractivity contribution in [3.05, 3.63) is 63.1 Å². The van der Waals surface area contributed by atoms with Gasteiger partial charge in [0.1, 0.15) is 12.4 Å². The van der Waals surface area contributed by atoms with Crippen molar-refractivity contribution in [3.8, 4) is 5.75 Å². The van der Waals surface area contributed by atoms with Crippen LogP contribution in [0.1, 0.15) is 40.7 Å². The summed E-state index contributed by atoms with van der Waals surface area (Å²) in [7, 11) is 1.89. The molecule has 0 unspecified atom stereocenters. The second-order valence-corrected chi connectivity index (χ2v) is 9.12. The van der Waals surface area contributed by atoms with Crippen molar-refractivity contribution in [1.82, 2.24) is 15.1 Å². The third kappa shape index (κ3) is 5.72. The number of nitrogens with zero attached hydrogens (tertiary/aromatic N) is 2. The number of hydrogen-bond donors (Lipinski definition) is 1. The summed E-state index contributed by atoms with van der Waals surface area (Å²) in [5.41, 5.74) is 2.62. The van der Waals surface area contributed by atoms with E-state index >= 15 is 0 Å². The first-order chi connectivity index (χ1) is 15.0. The van der Waals surface area contributed by atoms with Crippen molar-refractivity contribution in [2.75, 3.05) is 33.2 Å². The average molecular weight is 462 g/mol. The minimum absolute atomic E-state index is 0.103. The first kappa shape index (κ1) is 22.4. The summed E-state index contributed by atoms with van der Waals surface area (Å²) in [5.74, 6) is 0.860. The highest BCUT2D eigenvalue weighted by Gasteiger charge is 2.31. The summed E-state index contributed by atoms with van der Waals surface area (Å²) in [6.45, 7) is 4.69. The van der Waals surface area contributed by atoms with E-state index in [2.05, 4.69) is 10.2 Å². The van der Waals surface area contributed by atoms with Crippen molar-refractivity contribution in [2.45, 2.75) is 38.5 Å². The molecule has 0 atom stereocenters. The van der Waals surface area contributed by atoms with E-state index in [1.807, 2.05) is 42.3 Å². The van der Waals surface area contributed by atoms with E-state index in [9.17, 15) is 4.79 Å². The molecular formula is C24H29Cl2N3O2. The Labute approximate surface area is 194 Å². The van der Waals surface area contributed by atoms with Crippen LogP contribution in [0.4, 0.5) is 0 Å². The molecule has 0 radical (unpaired) electrons. The Balaban J connectivity index is 1.44. The third-order valence-corrected chi connectivity index (χ3v) is 6.67. The van der Waals surface area contributed by atoms with Crippen LogP contribution in [0.5, 0.6) is 5.75 Å². The maximum atomic E-state index is 13.2. The molecule has 2 aliphatic rings. The topological polar surface area (TPSA) is 44.8 Å². The predicted molar refractivity (Wildman–Crippen MR) is 125 cm³/mol. The van der Waals surface area contributed by atoms with Gasteiger partial charge in [-0.25, -0.2) is 0 Å². The molecule has 1 heterocycles. The van der Waals surface area contributed by atoms with Gasteiger partial charge in [-0.15, -0.1) is 0 Å². The molecule has 0 bridgehead atoms. The lowest BCUT2D eigenvalue weighted by molar-refractivity contribution is 0.0760. The quantitative estimate of drug-likeness (QED) is 0.653. The number of ether oxygens (including phenoxy) is 1. The van der Waals surface area contributed by atoms with Crippen LogP contribution in [0, 0.1) is 0 Å². The zero-order chi connectivity index (χ0) is 21.8. The monoisotopic (exact) mass is 461 g/mol. The molecule has 0 spiro atoms. The van der Waals surface area contributed by atoms with Crippen molar-refractivity contribution in [3.63, 3.8) is 0 Å². The Morgan fingerprint density at radius 1 is 1.06 bits per heavy atom. The van der Waals surface area contributed by atoms with Gasteiger partial charge in [0.15, 0.2) is 0 Å². The van der Waals surface area contributed by atoms with Gasteiger partial charge in [-0.3, -0.25) is 9.69 Å². The van der Waals surface area contributed by atoms with Crippen LogP contribution in [-0.2, 0) is 13.2 Å². The Kier molecular flexibility index (Phi) is 7.39. The zero-order valence-electron chi connectivity index (χ0n) is 17.9. The van der Waals surface area contributed by atoms with E-state index in [1.54, 1.807) is 6.07 Å². The standard InChI is InChI=1S/C24H29Cl2N3O2/c1-27-15-19-14-18(24(30)29-10-2-9-28(11-12-29)20-5-6-20)4-8-23(19)31-16-17-3-7-21(25)22(26)13-17/h3-4,7-8,13-14,20,27H,2,5-6,9-12,15-16H2,1H3. The number of nitrogens with one attached hydrogen (secondary N) is 1. The number of benzene rings is 2. The molecule has 31 heavy (non-hydrogen) atoms. The van der Waals surface area contributed by atoms with E-state index in [0.29, 0.717) is 28.8 Å². The first-order valence-electron chi connectivity index (χ1n) is 10.9. The second-order valence-electron chi connectivity index (χ2n) is 8.30. The lowest BCUT2D eigenvalue weighted by atomic mass is 10.1. The number of rotatable bonds is 7. The number of amides is 1. The summed E-state index contributed by atoms with van der Waals surface area (Å²) < 4.78 is 6.04. The molecule has 2 fully saturated rings. The van der Waals surface area contributed by atoms with Gasteiger partial charge in [0.05, 0.1) is 10.0 Å². The summed E-state index contributed by atoms with van der Waals surface area (Å²) in [6.07, 6.45) is 3.66. The van der Waals surface area contributed by atoms with Gasteiger partial charge in [0.25, 0.3) is 5.91 Å². The SMILES string of the molecule is CNCc1cc(C(=O)N2CCCN(C3CC3)CC2)ccc1OCc1ccc(Cl)c(Cl)c1. The molecule has 1 aliphatic heterocycles. The molecule has 1 N–H and O–H groups in total. The van der Waals surface area contributed by atoms with Crippen LogP contribution < -0.4 is 10.1 Å². The number of hydrogen-bond acceptors (Lipinski definition) is 4. The van der Waals surface area contributed by atoms with Crippen LogP contribution in [-0.4, -0.2) is 55.0 Å². The minimum atomic E-state index is 0.103. The predicted octanol–water partition coefficient (Wildman–Crippen LogP) is 4.60. The molecular weight excluding hydrogens is 433 g/mol. The van der Waals surface area contributed by atoms with E-state index in [4.69, 9.17) is 27.9 Å². The normalized spacial score (nSPS) is 17.5.